The normalized spacial score (nSPS) is 10.6. The molecule has 2 N–H and O–H groups in total. The first-order valence-electron chi connectivity index (χ1n) is 2.70. The second-order valence-electron chi connectivity index (χ2n) is 1.76. The van der Waals surface area contributed by atoms with Gasteiger partial charge in [0.1, 0.15) is 0 Å². The molecular weight excluding hydrogens is 149 g/mol. The zero-order chi connectivity index (χ0) is 7.33. The van der Waals surface area contributed by atoms with E-state index in [-0.39, 0.29) is 24.6 Å². The van der Waals surface area contributed by atoms with E-state index in [9.17, 15) is 13.0 Å². The largest absolute Gasteiger partial charge is 1.00 e. The van der Waals surface area contributed by atoms with Gasteiger partial charge in [0.05, 0.1) is 10.1 Å². The third-order valence-corrected chi connectivity index (χ3v) is 1.64. The predicted molar refractivity (Wildman–Crippen MR) is 32.9 cm³/mol. The SMILES string of the molecule is NCCCCS(=O)(=O)[O-].[Li+]. The van der Waals surface area contributed by atoms with Crippen LogP contribution in [0.25, 0.3) is 0 Å². The second-order valence-corrected chi connectivity index (χ2v) is 3.28. The van der Waals surface area contributed by atoms with E-state index in [0.717, 1.165) is 0 Å². The van der Waals surface area contributed by atoms with Crippen molar-refractivity contribution in [2.45, 2.75) is 12.8 Å². The Balaban J connectivity index is 0. The Morgan fingerprint density at radius 2 is 1.80 bits per heavy atom. The molecule has 0 heterocycles. The molecule has 0 spiro atoms. The number of hydrogen-bond acceptors (Lipinski definition) is 4. The minimum absolute atomic E-state index is 0. The van der Waals surface area contributed by atoms with Gasteiger partial charge in [0, 0.05) is 5.75 Å². The molecule has 0 aliphatic heterocycles. The average molecular weight is 159 g/mol. The van der Waals surface area contributed by atoms with E-state index in [1.54, 1.807) is 0 Å². The summed E-state index contributed by atoms with van der Waals surface area (Å²) in [5, 5.41) is 0. The molecule has 4 nitrogen and oxygen atoms in total. The zero-order valence-corrected chi connectivity index (χ0v) is 6.86. The van der Waals surface area contributed by atoms with Crippen LogP contribution in [0.1, 0.15) is 12.8 Å². The second kappa shape index (κ2) is 6.20. The summed E-state index contributed by atoms with van der Waals surface area (Å²) in [4.78, 5) is 0. The minimum Gasteiger partial charge on any atom is -0.748 e. The molecule has 0 saturated carbocycles. The van der Waals surface area contributed by atoms with Crippen LogP contribution in [0.3, 0.4) is 0 Å². The molecule has 0 aromatic heterocycles. The van der Waals surface area contributed by atoms with E-state index in [4.69, 9.17) is 5.73 Å². The molecule has 10 heavy (non-hydrogen) atoms. The van der Waals surface area contributed by atoms with Crippen molar-refractivity contribution >= 4 is 10.1 Å². The fraction of sp³-hybridized carbons (Fsp3) is 1.00. The summed E-state index contributed by atoms with van der Waals surface area (Å²) in [5.74, 6) is -0.288. The van der Waals surface area contributed by atoms with Gasteiger partial charge >= 0.3 is 18.9 Å². The average Bonchev–Trinajstić information content (AvgIpc) is 1.63. The maximum atomic E-state index is 9.91. The molecule has 0 fully saturated rings. The standard InChI is InChI=1S/C4H11NO3S.Li/c5-3-1-2-4-9(6,7)8;/h1-5H2,(H,6,7,8);/q;+1/p-1. The van der Waals surface area contributed by atoms with E-state index in [1.807, 2.05) is 0 Å². The topological polar surface area (TPSA) is 83.2 Å². The first-order chi connectivity index (χ1) is 4.06. The molecule has 0 aliphatic carbocycles. The van der Waals surface area contributed by atoms with Crippen LogP contribution in [0.4, 0.5) is 0 Å². The third-order valence-electron chi connectivity index (χ3n) is 0.848. The van der Waals surface area contributed by atoms with Gasteiger partial charge in [-0.1, -0.05) is 0 Å². The summed E-state index contributed by atoms with van der Waals surface area (Å²) in [5.41, 5.74) is 5.06. The third kappa shape index (κ3) is 11.3. The molecule has 0 aromatic rings. The van der Waals surface area contributed by atoms with Gasteiger partial charge in [0.25, 0.3) is 0 Å². The summed E-state index contributed by atoms with van der Waals surface area (Å²) in [6, 6.07) is 0. The van der Waals surface area contributed by atoms with Crippen LogP contribution in [0.2, 0.25) is 0 Å². The van der Waals surface area contributed by atoms with Crippen LogP contribution in [-0.2, 0) is 10.1 Å². The smallest absolute Gasteiger partial charge is 0.748 e. The van der Waals surface area contributed by atoms with Crippen LogP contribution in [0.5, 0.6) is 0 Å². The minimum atomic E-state index is -4.00. The molecule has 0 aromatic carbocycles. The molecule has 0 unspecified atom stereocenters. The Hall–Kier alpha value is 0.467. The predicted octanol–water partition coefficient (Wildman–Crippen LogP) is -3.73. The monoisotopic (exact) mass is 159 g/mol. The van der Waals surface area contributed by atoms with Gasteiger partial charge in [-0.15, -0.1) is 0 Å². The fourth-order valence-corrected chi connectivity index (χ4v) is 0.981. The van der Waals surface area contributed by atoms with Crippen LogP contribution >= 0.6 is 0 Å². The Morgan fingerprint density at radius 1 is 1.30 bits per heavy atom. The number of rotatable bonds is 4. The maximum absolute atomic E-state index is 9.91. The molecule has 0 bridgehead atoms. The van der Waals surface area contributed by atoms with Crippen molar-refractivity contribution in [3.63, 3.8) is 0 Å². The van der Waals surface area contributed by atoms with Crippen molar-refractivity contribution in [1.82, 2.24) is 0 Å². The molecule has 0 atom stereocenters. The van der Waals surface area contributed by atoms with Crippen molar-refractivity contribution in [2.75, 3.05) is 12.3 Å². The summed E-state index contributed by atoms with van der Waals surface area (Å²) < 4.78 is 29.7. The van der Waals surface area contributed by atoms with Crippen molar-refractivity contribution in [2.24, 2.45) is 5.73 Å². The maximum Gasteiger partial charge on any atom is 1.00 e. The van der Waals surface area contributed by atoms with Gasteiger partial charge < -0.3 is 10.3 Å². The summed E-state index contributed by atoms with van der Waals surface area (Å²) in [6.45, 7) is 0.440. The molecule has 0 radical (unpaired) electrons. The molecule has 56 valence electrons. The molecule has 0 saturated heterocycles. The Bertz CT molecular complexity index is 156. The van der Waals surface area contributed by atoms with Gasteiger partial charge in [-0.2, -0.15) is 0 Å². The Labute approximate surface area is 73.1 Å². The zero-order valence-electron chi connectivity index (χ0n) is 6.04. The number of unbranched alkanes of at least 4 members (excludes halogenated alkanes) is 1. The van der Waals surface area contributed by atoms with Crippen molar-refractivity contribution in [1.29, 1.82) is 0 Å². The van der Waals surface area contributed by atoms with Crippen molar-refractivity contribution in [3.8, 4) is 0 Å². The Morgan fingerprint density at radius 3 is 2.10 bits per heavy atom. The molecular formula is C4H10LiNO3S. The van der Waals surface area contributed by atoms with Crippen LogP contribution in [0, 0.1) is 0 Å². The molecule has 0 rings (SSSR count). The fourth-order valence-electron chi connectivity index (χ4n) is 0.423. The Kier molecular flexibility index (Phi) is 8.11. The molecule has 0 aliphatic rings. The summed E-state index contributed by atoms with van der Waals surface area (Å²) >= 11 is 0. The van der Waals surface area contributed by atoms with Crippen LogP contribution in [0.15, 0.2) is 0 Å². The van der Waals surface area contributed by atoms with E-state index in [0.29, 0.717) is 19.4 Å². The van der Waals surface area contributed by atoms with Gasteiger partial charge in [0.2, 0.25) is 0 Å². The van der Waals surface area contributed by atoms with E-state index < -0.39 is 10.1 Å². The van der Waals surface area contributed by atoms with E-state index >= 15 is 0 Å². The summed E-state index contributed by atoms with van der Waals surface area (Å²) in [7, 11) is -4.00. The number of hydrogen-bond donors (Lipinski definition) is 1. The summed E-state index contributed by atoms with van der Waals surface area (Å²) in [6.07, 6.45) is 0.976. The van der Waals surface area contributed by atoms with Crippen molar-refractivity contribution < 1.29 is 31.8 Å². The van der Waals surface area contributed by atoms with E-state index in [2.05, 4.69) is 0 Å². The van der Waals surface area contributed by atoms with Gasteiger partial charge in [-0.3, -0.25) is 0 Å². The molecule has 0 amide bonds. The van der Waals surface area contributed by atoms with Crippen molar-refractivity contribution in [3.05, 3.63) is 0 Å². The van der Waals surface area contributed by atoms with Crippen LogP contribution < -0.4 is 24.6 Å². The van der Waals surface area contributed by atoms with Gasteiger partial charge in [0.15, 0.2) is 0 Å². The quantitative estimate of drug-likeness (QED) is 0.260. The van der Waals surface area contributed by atoms with Crippen LogP contribution in [-0.4, -0.2) is 25.3 Å². The van der Waals surface area contributed by atoms with E-state index in [1.165, 1.54) is 0 Å². The number of nitrogens with two attached hydrogens (primary N) is 1. The first-order valence-corrected chi connectivity index (χ1v) is 4.27. The molecule has 6 heteroatoms. The first kappa shape index (κ1) is 13.1. The van der Waals surface area contributed by atoms with Gasteiger partial charge in [-0.25, -0.2) is 8.42 Å². The van der Waals surface area contributed by atoms with Gasteiger partial charge in [-0.05, 0) is 19.4 Å².